The van der Waals surface area contributed by atoms with Gasteiger partial charge in [0.15, 0.2) is 0 Å². The minimum absolute atomic E-state index is 0.0156. The van der Waals surface area contributed by atoms with E-state index in [1.807, 2.05) is 31.2 Å². The number of rotatable bonds is 4. The van der Waals surface area contributed by atoms with E-state index in [1.54, 1.807) is 13.2 Å². The zero-order chi connectivity index (χ0) is 15.2. The first-order valence-corrected chi connectivity index (χ1v) is 7.71. The van der Waals surface area contributed by atoms with E-state index in [0.717, 1.165) is 35.6 Å². The van der Waals surface area contributed by atoms with Gasteiger partial charge in [-0.15, -0.1) is 0 Å². The van der Waals surface area contributed by atoms with E-state index in [1.165, 1.54) is 12.8 Å². The van der Waals surface area contributed by atoms with Gasteiger partial charge in [0.1, 0.15) is 5.75 Å². The van der Waals surface area contributed by atoms with E-state index in [-0.39, 0.29) is 5.91 Å². The van der Waals surface area contributed by atoms with Crippen LogP contribution in [0.3, 0.4) is 0 Å². The second kappa shape index (κ2) is 7.30. The first kappa shape index (κ1) is 15.6. The largest absolute Gasteiger partial charge is 0.496 e. The minimum atomic E-state index is -0.0156. The molecule has 0 saturated heterocycles. The maximum atomic E-state index is 12.0. The van der Waals surface area contributed by atoms with Crippen molar-refractivity contribution < 1.29 is 9.53 Å². The summed E-state index contributed by atoms with van der Waals surface area (Å²) in [5.74, 6) is 1.57. The summed E-state index contributed by atoms with van der Waals surface area (Å²) in [6.45, 7) is 4.31. The van der Waals surface area contributed by atoms with Crippen molar-refractivity contribution in [3.63, 3.8) is 0 Å². The van der Waals surface area contributed by atoms with Gasteiger partial charge in [-0.1, -0.05) is 18.6 Å². The normalized spacial score (nSPS) is 22.2. The Kier molecular flexibility index (Phi) is 5.43. The van der Waals surface area contributed by atoms with Gasteiger partial charge in [0.25, 0.3) is 0 Å². The van der Waals surface area contributed by atoms with Gasteiger partial charge in [-0.2, -0.15) is 0 Å². The molecule has 0 unspecified atom stereocenters. The number of benzene rings is 1. The highest BCUT2D eigenvalue weighted by molar-refractivity contribution is 5.92. The van der Waals surface area contributed by atoms with E-state index in [4.69, 9.17) is 4.74 Å². The summed E-state index contributed by atoms with van der Waals surface area (Å²) < 4.78 is 5.31. The zero-order valence-corrected chi connectivity index (χ0v) is 13.2. The Balaban J connectivity index is 1.94. The number of ether oxygens (including phenoxy) is 1. The van der Waals surface area contributed by atoms with Crippen LogP contribution in [0.5, 0.6) is 5.75 Å². The molecule has 0 spiro atoms. The average molecular weight is 287 g/mol. The van der Waals surface area contributed by atoms with Crippen molar-refractivity contribution in [2.75, 3.05) is 7.11 Å². The van der Waals surface area contributed by atoms with Crippen molar-refractivity contribution in [1.29, 1.82) is 0 Å². The van der Waals surface area contributed by atoms with Crippen LogP contribution in [-0.4, -0.2) is 19.1 Å². The number of carbonyl (C=O) groups is 1. The summed E-state index contributed by atoms with van der Waals surface area (Å²) in [6.07, 6.45) is 8.03. The Bertz CT molecular complexity index is 514. The molecule has 21 heavy (non-hydrogen) atoms. The van der Waals surface area contributed by atoms with Gasteiger partial charge in [-0.25, -0.2) is 0 Å². The molecule has 1 aromatic carbocycles. The highest BCUT2D eigenvalue weighted by Gasteiger charge is 2.18. The Morgan fingerprint density at radius 2 is 2.00 bits per heavy atom. The van der Waals surface area contributed by atoms with Crippen LogP contribution >= 0.6 is 0 Å². The van der Waals surface area contributed by atoms with Crippen LogP contribution < -0.4 is 10.1 Å². The Morgan fingerprint density at radius 1 is 1.29 bits per heavy atom. The predicted molar refractivity (Wildman–Crippen MR) is 86.3 cm³/mol. The van der Waals surface area contributed by atoms with Crippen LogP contribution in [0.4, 0.5) is 0 Å². The third kappa shape index (κ3) is 4.62. The summed E-state index contributed by atoms with van der Waals surface area (Å²) >= 11 is 0. The topological polar surface area (TPSA) is 38.3 Å². The molecule has 1 amide bonds. The lowest BCUT2D eigenvalue weighted by Crippen LogP contribution is -2.36. The molecule has 1 aliphatic rings. The number of methoxy groups -OCH3 is 1. The molecule has 0 bridgehead atoms. The molecule has 2 rings (SSSR count). The molecular formula is C18H25NO2. The van der Waals surface area contributed by atoms with E-state index in [9.17, 15) is 4.79 Å². The van der Waals surface area contributed by atoms with Crippen molar-refractivity contribution in [2.24, 2.45) is 5.92 Å². The fraction of sp³-hybridized carbons (Fsp3) is 0.500. The minimum Gasteiger partial charge on any atom is -0.496 e. The molecular weight excluding hydrogens is 262 g/mol. The van der Waals surface area contributed by atoms with Crippen molar-refractivity contribution in [1.82, 2.24) is 5.32 Å². The molecule has 0 aromatic heterocycles. The lowest BCUT2D eigenvalue weighted by Gasteiger charge is -2.26. The molecule has 0 aliphatic heterocycles. The number of amides is 1. The van der Waals surface area contributed by atoms with Crippen molar-refractivity contribution in [3.05, 3.63) is 35.4 Å². The molecule has 3 nitrogen and oxygen atoms in total. The molecule has 1 aliphatic carbocycles. The summed E-state index contributed by atoms with van der Waals surface area (Å²) in [6, 6.07) is 6.28. The second-order valence-corrected chi connectivity index (χ2v) is 6.04. The van der Waals surface area contributed by atoms with Gasteiger partial charge in [0.05, 0.1) is 7.11 Å². The number of carbonyl (C=O) groups excluding carboxylic acids is 1. The second-order valence-electron chi connectivity index (χ2n) is 6.04. The first-order chi connectivity index (χ1) is 10.1. The molecule has 1 saturated carbocycles. The van der Waals surface area contributed by atoms with Gasteiger partial charge < -0.3 is 10.1 Å². The fourth-order valence-electron chi connectivity index (χ4n) is 2.80. The van der Waals surface area contributed by atoms with E-state index in [2.05, 4.69) is 12.2 Å². The maximum absolute atomic E-state index is 12.0. The summed E-state index contributed by atoms with van der Waals surface area (Å²) in [4.78, 5) is 12.0. The third-order valence-electron chi connectivity index (χ3n) is 4.16. The van der Waals surface area contributed by atoms with E-state index < -0.39 is 0 Å². The number of hydrogen-bond donors (Lipinski definition) is 1. The highest BCUT2D eigenvalue weighted by Crippen LogP contribution is 2.24. The van der Waals surface area contributed by atoms with Gasteiger partial charge in [-0.3, -0.25) is 4.79 Å². The van der Waals surface area contributed by atoms with E-state index in [0.29, 0.717) is 6.04 Å². The van der Waals surface area contributed by atoms with Crippen molar-refractivity contribution >= 4 is 12.0 Å². The van der Waals surface area contributed by atoms with Crippen LogP contribution in [0.15, 0.2) is 24.3 Å². The number of aryl methyl sites for hydroxylation is 1. The lowest BCUT2D eigenvalue weighted by molar-refractivity contribution is -0.117. The average Bonchev–Trinajstić information content (AvgIpc) is 2.48. The lowest BCUT2D eigenvalue weighted by atomic mass is 9.87. The van der Waals surface area contributed by atoms with Crippen molar-refractivity contribution in [3.8, 4) is 5.75 Å². The van der Waals surface area contributed by atoms with Gasteiger partial charge in [0.2, 0.25) is 5.91 Å². The van der Waals surface area contributed by atoms with Crippen LogP contribution in [0.25, 0.3) is 6.08 Å². The van der Waals surface area contributed by atoms with E-state index >= 15 is 0 Å². The van der Waals surface area contributed by atoms with Gasteiger partial charge in [-0.05, 0) is 56.7 Å². The summed E-state index contributed by atoms with van der Waals surface area (Å²) in [5, 5.41) is 3.10. The molecule has 0 radical (unpaired) electrons. The Labute approximate surface area is 127 Å². The first-order valence-electron chi connectivity index (χ1n) is 7.71. The molecule has 1 fully saturated rings. The molecule has 1 N–H and O–H groups in total. The standard InChI is InChI=1S/C18H25NO2/c1-13-4-8-16(9-5-13)19-18(20)11-7-15-12-14(2)6-10-17(15)21-3/h6-7,10-13,16H,4-5,8-9H2,1-3H3,(H,19,20)/b11-7+. The Hall–Kier alpha value is -1.77. The summed E-state index contributed by atoms with van der Waals surface area (Å²) in [7, 11) is 1.64. The molecule has 1 aromatic rings. The van der Waals surface area contributed by atoms with Crippen molar-refractivity contribution in [2.45, 2.75) is 45.6 Å². The summed E-state index contributed by atoms with van der Waals surface area (Å²) in [5.41, 5.74) is 2.09. The van der Waals surface area contributed by atoms with Crippen LogP contribution in [-0.2, 0) is 4.79 Å². The number of nitrogens with one attached hydrogen (secondary N) is 1. The molecule has 0 heterocycles. The van der Waals surface area contributed by atoms with Crippen LogP contribution in [0.2, 0.25) is 0 Å². The smallest absolute Gasteiger partial charge is 0.244 e. The SMILES string of the molecule is COc1ccc(C)cc1/C=C/C(=O)NC1CCC(C)CC1. The fourth-order valence-corrected chi connectivity index (χ4v) is 2.80. The van der Waals surface area contributed by atoms with Gasteiger partial charge in [0, 0.05) is 17.7 Å². The monoisotopic (exact) mass is 287 g/mol. The molecule has 3 heteroatoms. The third-order valence-corrected chi connectivity index (χ3v) is 4.16. The number of hydrogen-bond acceptors (Lipinski definition) is 2. The molecule has 114 valence electrons. The van der Waals surface area contributed by atoms with Crippen LogP contribution in [0, 0.1) is 12.8 Å². The van der Waals surface area contributed by atoms with Crippen LogP contribution in [0.1, 0.15) is 43.7 Å². The van der Waals surface area contributed by atoms with Gasteiger partial charge >= 0.3 is 0 Å². The highest BCUT2D eigenvalue weighted by atomic mass is 16.5. The molecule has 0 atom stereocenters. The zero-order valence-electron chi connectivity index (χ0n) is 13.2. The maximum Gasteiger partial charge on any atom is 0.244 e. The quantitative estimate of drug-likeness (QED) is 0.857. The predicted octanol–water partition coefficient (Wildman–Crippen LogP) is 3.71. The Morgan fingerprint density at radius 3 is 2.67 bits per heavy atom.